The summed E-state index contributed by atoms with van der Waals surface area (Å²) in [4.78, 5) is 26.6. The smallest absolute Gasteiger partial charge is 0.164 e. The number of hydrogen-bond acceptors (Lipinski definition) is 7. The van der Waals surface area contributed by atoms with Gasteiger partial charge in [-0.05, 0) is 58.0 Å². The Morgan fingerprint density at radius 1 is 0.622 bits per heavy atom. The summed E-state index contributed by atoms with van der Waals surface area (Å²) in [6.07, 6.45) is 0. The van der Waals surface area contributed by atoms with E-state index in [1.54, 1.807) is 0 Å². The molecular formula is C29H22N8. The molecule has 0 spiro atoms. The molecule has 0 bridgehead atoms. The van der Waals surface area contributed by atoms with E-state index in [9.17, 15) is 5.26 Å². The molecule has 0 aliphatic rings. The third kappa shape index (κ3) is 3.87. The van der Waals surface area contributed by atoms with Gasteiger partial charge in [0.25, 0.3) is 0 Å². The quantitative estimate of drug-likeness (QED) is 0.323. The number of fused-ring (bicyclic) bond motifs is 3. The zero-order valence-corrected chi connectivity index (χ0v) is 20.9. The number of hydrogen-bond donors (Lipinski definition) is 0. The molecule has 0 saturated carbocycles. The molecule has 0 fully saturated rings. The van der Waals surface area contributed by atoms with Gasteiger partial charge in [-0.15, -0.1) is 0 Å². The largest absolute Gasteiger partial charge is 0.309 e. The second-order valence-corrected chi connectivity index (χ2v) is 8.93. The fraction of sp³-hybridized carbons (Fsp3) is 0.138. The predicted molar refractivity (Wildman–Crippen MR) is 142 cm³/mol. The number of nitriles is 1. The Hall–Kier alpha value is -5.03. The van der Waals surface area contributed by atoms with Crippen LogP contribution in [0.25, 0.3) is 50.3 Å². The molecule has 0 unspecified atom stereocenters. The summed E-state index contributed by atoms with van der Waals surface area (Å²) in [5, 5.41) is 12.3. The summed E-state index contributed by atoms with van der Waals surface area (Å²) >= 11 is 0. The third-order valence-corrected chi connectivity index (χ3v) is 6.27. The van der Waals surface area contributed by atoms with Crippen molar-refractivity contribution in [2.24, 2.45) is 0 Å². The number of nitrogens with zero attached hydrogens (tertiary/aromatic N) is 8. The monoisotopic (exact) mass is 482 g/mol. The maximum Gasteiger partial charge on any atom is 0.164 e. The van der Waals surface area contributed by atoms with Gasteiger partial charge in [0.2, 0.25) is 0 Å². The summed E-state index contributed by atoms with van der Waals surface area (Å²) in [5.74, 6) is 3.74. The predicted octanol–water partition coefficient (Wildman–Crippen LogP) is 5.59. The molecule has 3 aromatic heterocycles. The van der Waals surface area contributed by atoms with Crippen LogP contribution < -0.4 is 0 Å². The molecule has 0 atom stereocenters. The van der Waals surface area contributed by atoms with Gasteiger partial charge in [0.1, 0.15) is 23.3 Å². The Morgan fingerprint density at radius 3 is 1.92 bits per heavy atom. The SMILES string of the molecule is Cc1nc(C)nc(-c2ccc3c4ccccc4n(-c4ccc(-c5nc(C)nc(C)n5)c(C#N)c4)c3c2)n1. The average molecular weight is 483 g/mol. The van der Waals surface area contributed by atoms with Crippen LogP contribution in [0.5, 0.6) is 0 Å². The molecule has 8 nitrogen and oxygen atoms in total. The molecule has 0 saturated heterocycles. The number of benzene rings is 3. The molecule has 0 aliphatic carbocycles. The lowest BCUT2D eigenvalue weighted by atomic mass is 10.1. The third-order valence-electron chi connectivity index (χ3n) is 6.27. The lowest BCUT2D eigenvalue weighted by molar-refractivity contribution is 0.927. The van der Waals surface area contributed by atoms with Gasteiger partial charge in [-0.3, -0.25) is 0 Å². The minimum Gasteiger partial charge on any atom is -0.309 e. The molecule has 0 radical (unpaired) electrons. The molecule has 3 aromatic carbocycles. The van der Waals surface area contributed by atoms with E-state index in [-0.39, 0.29) is 0 Å². The maximum absolute atomic E-state index is 10.1. The first-order chi connectivity index (χ1) is 17.9. The standard InChI is InChI=1S/C29H22N8/c1-16-31-17(2)34-28(33-16)20-9-11-25-24-7-5-6-8-26(24)37(27(25)14-20)22-10-12-23(21(13-22)15-30)29-35-18(3)32-19(4)36-29/h5-14H,1-4H3. The summed E-state index contributed by atoms with van der Waals surface area (Å²) in [5.41, 5.74) is 4.98. The Labute approximate surface area is 213 Å². The minimum atomic E-state index is 0.494. The Kier molecular flexibility index (Phi) is 5.20. The van der Waals surface area contributed by atoms with Crippen molar-refractivity contribution in [1.82, 2.24) is 34.5 Å². The van der Waals surface area contributed by atoms with Crippen LogP contribution in [0.4, 0.5) is 0 Å². The first kappa shape index (κ1) is 22.4. The van der Waals surface area contributed by atoms with Crippen LogP contribution in [0.1, 0.15) is 28.9 Å². The highest BCUT2D eigenvalue weighted by Gasteiger charge is 2.17. The molecular weight excluding hydrogens is 460 g/mol. The van der Waals surface area contributed by atoms with Gasteiger partial charge in [0.05, 0.1) is 22.7 Å². The van der Waals surface area contributed by atoms with Crippen molar-refractivity contribution >= 4 is 21.8 Å². The van der Waals surface area contributed by atoms with Gasteiger partial charge >= 0.3 is 0 Å². The summed E-state index contributed by atoms with van der Waals surface area (Å²) in [6.45, 7) is 7.38. The molecule has 0 aliphatic heterocycles. The number of rotatable bonds is 3. The molecule has 3 heterocycles. The zero-order valence-electron chi connectivity index (χ0n) is 20.9. The fourth-order valence-corrected chi connectivity index (χ4v) is 4.83. The van der Waals surface area contributed by atoms with Crippen molar-refractivity contribution in [1.29, 1.82) is 5.26 Å². The zero-order chi connectivity index (χ0) is 25.7. The van der Waals surface area contributed by atoms with Crippen molar-refractivity contribution in [2.75, 3.05) is 0 Å². The number of aryl methyl sites for hydroxylation is 4. The molecule has 8 heteroatoms. The van der Waals surface area contributed by atoms with E-state index in [0.717, 1.165) is 33.1 Å². The normalized spacial score (nSPS) is 11.2. The van der Waals surface area contributed by atoms with Gasteiger partial charge < -0.3 is 4.57 Å². The van der Waals surface area contributed by atoms with E-state index in [1.807, 2.05) is 64.1 Å². The van der Waals surface area contributed by atoms with Crippen LogP contribution in [0, 0.1) is 39.0 Å². The first-order valence-corrected chi connectivity index (χ1v) is 11.9. The van der Waals surface area contributed by atoms with Gasteiger partial charge in [0.15, 0.2) is 11.6 Å². The van der Waals surface area contributed by atoms with Crippen molar-refractivity contribution in [3.05, 3.63) is 89.5 Å². The van der Waals surface area contributed by atoms with Gasteiger partial charge in [0, 0.05) is 27.6 Å². The Morgan fingerprint density at radius 2 is 1.24 bits per heavy atom. The highest BCUT2D eigenvalue weighted by Crippen LogP contribution is 2.35. The second-order valence-electron chi connectivity index (χ2n) is 8.93. The Balaban J connectivity index is 1.60. The topological polar surface area (TPSA) is 106 Å². The number of aromatic nitrogens is 7. The summed E-state index contributed by atoms with van der Waals surface area (Å²) in [7, 11) is 0. The lowest BCUT2D eigenvalue weighted by Crippen LogP contribution is -2.02. The first-order valence-electron chi connectivity index (χ1n) is 11.9. The van der Waals surface area contributed by atoms with Crippen LogP contribution in [0.2, 0.25) is 0 Å². The van der Waals surface area contributed by atoms with Crippen molar-refractivity contribution in [2.45, 2.75) is 27.7 Å². The van der Waals surface area contributed by atoms with Crippen LogP contribution >= 0.6 is 0 Å². The molecule has 0 N–H and O–H groups in total. The lowest BCUT2D eigenvalue weighted by Gasteiger charge is -2.11. The van der Waals surface area contributed by atoms with E-state index < -0.39 is 0 Å². The fourth-order valence-electron chi connectivity index (χ4n) is 4.83. The second kappa shape index (κ2) is 8.57. The van der Waals surface area contributed by atoms with E-state index in [2.05, 4.69) is 64.8 Å². The molecule has 0 amide bonds. The van der Waals surface area contributed by atoms with Crippen LogP contribution in [-0.2, 0) is 0 Å². The van der Waals surface area contributed by atoms with Gasteiger partial charge in [-0.2, -0.15) is 5.26 Å². The van der Waals surface area contributed by atoms with E-state index >= 15 is 0 Å². The van der Waals surface area contributed by atoms with Crippen molar-refractivity contribution in [3.8, 4) is 34.5 Å². The van der Waals surface area contributed by atoms with Crippen molar-refractivity contribution in [3.63, 3.8) is 0 Å². The van der Waals surface area contributed by atoms with Crippen molar-refractivity contribution < 1.29 is 0 Å². The maximum atomic E-state index is 10.1. The van der Waals surface area contributed by atoms with Crippen LogP contribution in [0.3, 0.4) is 0 Å². The van der Waals surface area contributed by atoms with E-state index in [4.69, 9.17) is 0 Å². The summed E-state index contributed by atoms with van der Waals surface area (Å²) < 4.78 is 2.17. The molecule has 178 valence electrons. The molecule has 6 aromatic rings. The van der Waals surface area contributed by atoms with Crippen LogP contribution in [0.15, 0.2) is 60.7 Å². The van der Waals surface area contributed by atoms with E-state index in [1.165, 1.54) is 0 Å². The highest BCUT2D eigenvalue weighted by atomic mass is 15.0. The minimum absolute atomic E-state index is 0.494. The molecule has 37 heavy (non-hydrogen) atoms. The highest BCUT2D eigenvalue weighted by molar-refractivity contribution is 6.10. The van der Waals surface area contributed by atoms with Gasteiger partial charge in [-0.1, -0.05) is 30.3 Å². The summed E-state index contributed by atoms with van der Waals surface area (Å²) in [6, 6.07) is 22.6. The average Bonchev–Trinajstić information content (AvgIpc) is 3.21. The van der Waals surface area contributed by atoms with Gasteiger partial charge in [-0.25, -0.2) is 29.9 Å². The Bertz CT molecular complexity index is 1850. The number of para-hydroxylation sites is 1. The molecule has 6 rings (SSSR count). The van der Waals surface area contributed by atoms with Crippen LogP contribution in [-0.4, -0.2) is 34.5 Å². The van der Waals surface area contributed by atoms with E-state index in [0.29, 0.717) is 46.1 Å².